The van der Waals surface area contributed by atoms with E-state index in [0.29, 0.717) is 30.2 Å². The third kappa shape index (κ3) is 2.81. The van der Waals surface area contributed by atoms with Gasteiger partial charge < -0.3 is 14.7 Å². The number of ketones is 1. The third-order valence-electron chi connectivity index (χ3n) is 3.88. The van der Waals surface area contributed by atoms with Crippen LogP contribution in [0.15, 0.2) is 37.8 Å². The van der Waals surface area contributed by atoms with Gasteiger partial charge in [-0.2, -0.15) is 9.61 Å². The van der Waals surface area contributed by atoms with Gasteiger partial charge in [-0.1, -0.05) is 12.2 Å². The summed E-state index contributed by atoms with van der Waals surface area (Å²) in [7, 11) is 0. The molecule has 0 saturated carbocycles. The molecule has 1 fully saturated rings. The number of hydrogen-bond acceptors (Lipinski definition) is 7. The van der Waals surface area contributed by atoms with Crippen molar-refractivity contribution >= 4 is 17.4 Å². The topological polar surface area (TPSA) is 92.9 Å². The molecular weight excluding hydrogens is 310 g/mol. The van der Waals surface area contributed by atoms with Gasteiger partial charge in [-0.05, 0) is 0 Å². The average molecular weight is 329 g/mol. The van der Waals surface area contributed by atoms with E-state index in [1.807, 2.05) is 4.90 Å². The molecule has 24 heavy (non-hydrogen) atoms. The summed E-state index contributed by atoms with van der Waals surface area (Å²) >= 11 is 0. The van der Waals surface area contributed by atoms with Gasteiger partial charge in [0.05, 0.1) is 18.9 Å². The molecule has 1 saturated heterocycles. The first-order valence-corrected chi connectivity index (χ1v) is 7.64. The van der Waals surface area contributed by atoms with Gasteiger partial charge in [0.25, 0.3) is 0 Å². The molecule has 0 radical (unpaired) electrons. The highest BCUT2D eigenvalue weighted by atomic mass is 16.5. The molecule has 0 aliphatic carbocycles. The van der Waals surface area contributed by atoms with Crippen LogP contribution in [-0.2, 0) is 9.53 Å². The minimum Gasteiger partial charge on any atom is -0.393 e. The van der Waals surface area contributed by atoms with Gasteiger partial charge in [0.15, 0.2) is 11.4 Å². The highest BCUT2D eigenvalue weighted by Gasteiger charge is 2.35. The molecule has 0 amide bonds. The quantitative estimate of drug-likeness (QED) is 0.747. The number of anilines is 1. The lowest BCUT2D eigenvalue weighted by Crippen LogP contribution is -2.27. The lowest BCUT2D eigenvalue weighted by molar-refractivity contribution is -0.124. The molecule has 0 aromatic carbocycles. The van der Waals surface area contributed by atoms with Crippen molar-refractivity contribution in [2.45, 2.75) is 18.6 Å². The van der Waals surface area contributed by atoms with Gasteiger partial charge in [0.2, 0.25) is 5.95 Å². The van der Waals surface area contributed by atoms with E-state index < -0.39 is 12.2 Å². The summed E-state index contributed by atoms with van der Waals surface area (Å²) in [6.45, 7) is 8.35. The van der Waals surface area contributed by atoms with Crippen LogP contribution in [0.25, 0.3) is 5.65 Å². The van der Waals surface area contributed by atoms with Crippen LogP contribution in [0.4, 0.5) is 5.95 Å². The SMILES string of the molecule is C=CCN(CC=C)c1ncnc2c(C3CC(=O)C(CO)O3)cnn12. The standard InChI is InChI=1S/C16H19N5O3/c1-3-5-20(6-4-2)16-18-10-17-15-11(8-19-21(15)16)13-7-12(23)14(9-22)24-13/h3-4,8,10,13-14,22H,1-2,5-7,9H2. The Labute approximate surface area is 139 Å². The fourth-order valence-corrected chi connectivity index (χ4v) is 2.78. The molecular formula is C16H19N5O3. The van der Waals surface area contributed by atoms with Crippen molar-refractivity contribution in [2.75, 3.05) is 24.6 Å². The number of carbonyl (C=O) groups is 1. The normalized spacial score (nSPS) is 20.5. The number of hydrogen-bond donors (Lipinski definition) is 1. The van der Waals surface area contributed by atoms with Crippen molar-refractivity contribution in [3.63, 3.8) is 0 Å². The maximum absolute atomic E-state index is 11.8. The molecule has 2 aromatic heterocycles. The molecule has 8 nitrogen and oxygen atoms in total. The van der Waals surface area contributed by atoms with E-state index in [1.54, 1.807) is 22.9 Å². The van der Waals surface area contributed by atoms with Crippen LogP contribution >= 0.6 is 0 Å². The zero-order chi connectivity index (χ0) is 17.1. The second-order valence-corrected chi connectivity index (χ2v) is 5.46. The van der Waals surface area contributed by atoms with Crippen LogP contribution < -0.4 is 4.90 Å². The molecule has 126 valence electrons. The lowest BCUT2D eigenvalue weighted by Gasteiger charge is -2.20. The fraction of sp³-hybridized carbons (Fsp3) is 0.375. The van der Waals surface area contributed by atoms with E-state index in [2.05, 4.69) is 28.2 Å². The number of aromatic nitrogens is 4. The molecule has 2 aromatic rings. The Balaban J connectivity index is 1.99. The van der Waals surface area contributed by atoms with Crippen LogP contribution in [0.1, 0.15) is 18.1 Å². The van der Waals surface area contributed by atoms with Crippen molar-refractivity contribution in [3.05, 3.63) is 43.4 Å². The summed E-state index contributed by atoms with van der Waals surface area (Å²) in [6, 6.07) is 0. The van der Waals surface area contributed by atoms with Crippen molar-refractivity contribution in [3.8, 4) is 0 Å². The maximum atomic E-state index is 11.8. The molecule has 3 heterocycles. The first-order chi connectivity index (χ1) is 11.7. The number of aliphatic hydroxyl groups is 1. The van der Waals surface area contributed by atoms with E-state index >= 15 is 0 Å². The first kappa shape index (κ1) is 16.3. The molecule has 2 atom stereocenters. The van der Waals surface area contributed by atoms with Gasteiger partial charge in [-0.25, -0.2) is 9.97 Å². The van der Waals surface area contributed by atoms with Crippen LogP contribution in [0.5, 0.6) is 0 Å². The minimum atomic E-state index is -0.774. The van der Waals surface area contributed by atoms with E-state index in [0.717, 1.165) is 0 Å². The van der Waals surface area contributed by atoms with Gasteiger partial charge in [0.1, 0.15) is 12.4 Å². The fourth-order valence-electron chi connectivity index (χ4n) is 2.78. The predicted octanol–water partition coefficient (Wildman–Crippen LogP) is 0.694. The lowest BCUT2D eigenvalue weighted by atomic mass is 10.1. The van der Waals surface area contributed by atoms with Crippen molar-refractivity contribution in [1.82, 2.24) is 19.6 Å². The summed E-state index contributed by atoms with van der Waals surface area (Å²) in [5, 5.41) is 13.5. The second kappa shape index (κ2) is 6.90. The summed E-state index contributed by atoms with van der Waals surface area (Å²) in [6.07, 6.45) is 5.60. The zero-order valence-corrected chi connectivity index (χ0v) is 13.2. The number of carbonyl (C=O) groups excluding carboxylic acids is 1. The average Bonchev–Trinajstić information content (AvgIpc) is 3.17. The highest BCUT2D eigenvalue weighted by molar-refractivity contribution is 5.86. The number of rotatable bonds is 7. The number of aliphatic hydroxyl groups excluding tert-OH is 1. The van der Waals surface area contributed by atoms with Crippen molar-refractivity contribution in [1.29, 1.82) is 0 Å². The number of nitrogens with zero attached hydrogens (tertiary/aromatic N) is 5. The molecule has 2 unspecified atom stereocenters. The monoisotopic (exact) mass is 329 g/mol. The van der Waals surface area contributed by atoms with Gasteiger partial charge in [-0.3, -0.25) is 4.79 Å². The van der Waals surface area contributed by atoms with Crippen LogP contribution in [0.2, 0.25) is 0 Å². The Bertz CT molecular complexity index is 762. The first-order valence-electron chi connectivity index (χ1n) is 7.64. The van der Waals surface area contributed by atoms with E-state index in [-0.39, 0.29) is 18.8 Å². The maximum Gasteiger partial charge on any atom is 0.230 e. The summed E-state index contributed by atoms with van der Waals surface area (Å²) in [4.78, 5) is 22.3. The summed E-state index contributed by atoms with van der Waals surface area (Å²) in [5.41, 5.74) is 1.29. The molecule has 3 rings (SSSR count). The van der Waals surface area contributed by atoms with Crippen molar-refractivity contribution < 1.29 is 14.6 Å². The number of fused-ring (bicyclic) bond motifs is 1. The molecule has 8 heteroatoms. The molecule has 1 aliphatic heterocycles. The molecule has 0 spiro atoms. The van der Waals surface area contributed by atoms with Crippen LogP contribution in [0.3, 0.4) is 0 Å². The molecule has 1 N–H and O–H groups in total. The Morgan fingerprint density at radius 3 is 2.75 bits per heavy atom. The minimum absolute atomic E-state index is 0.115. The molecule has 0 bridgehead atoms. The smallest absolute Gasteiger partial charge is 0.230 e. The number of ether oxygens (including phenoxy) is 1. The van der Waals surface area contributed by atoms with E-state index in [1.165, 1.54) is 6.33 Å². The van der Waals surface area contributed by atoms with E-state index in [9.17, 15) is 9.90 Å². The van der Waals surface area contributed by atoms with E-state index in [4.69, 9.17) is 4.74 Å². The Hall–Kier alpha value is -2.58. The van der Waals surface area contributed by atoms with Crippen molar-refractivity contribution in [2.24, 2.45) is 0 Å². The Kier molecular flexibility index (Phi) is 4.68. The van der Waals surface area contributed by atoms with Gasteiger partial charge in [-0.15, -0.1) is 13.2 Å². The van der Waals surface area contributed by atoms with Gasteiger partial charge >= 0.3 is 0 Å². The Morgan fingerprint density at radius 2 is 2.12 bits per heavy atom. The Morgan fingerprint density at radius 1 is 1.38 bits per heavy atom. The third-order valence-corrected chi connectivity index (χ3v) is 3.88. The molecule has 1 aliphatic rings. The van der Waals surface area contributed by atoms with Crippen LogP contribution in [0, 0.1) is 0 Å². The predicted molar refractivity (Wildman–Crippen MR) is 87.7 cm³/mol. The largest absolute Gasteiger partial charge is 0.393 e. The summed E-state index contributed by atoms with van der Waals surface area (Å²) < 4.78 is 7.22. The second-order valence-electron chi connectivity index (χ2n) is 5.46. The zero-order valence-electron chi connectivity index (χ0n) is 13.2. The number of Topliss-reactive ketones (excluding diaryl/α,β-unsaturated/α-hetero) is 1. The van der Waals surface area contributed by atoms with Gasteiger partial charge in [0, 0.05) is 25.1 Å². The summed E-state index contributed by atoms with van der Waals surface area (Å²) in [5.74, 6) is 0.491. The van der Waals surface area contributed by atoms with Crippen LogP contribution in [-0.4, -0.2) is 56.3 Å². The highest BCUT2D eigenvalue weighted by Crippen LogP contribution is 2.32.